The molecule has 0 radical (unpaired) electrons. The van der Waals surface area contributed by atoms with E-state index in [0.29, 0.717) is 0 Å². The topological polar surface area (TPSA) is 131 Å². The van der Waals surface area contributed by atoms with Crippen molar-refractivity contribution < 1.29 is 24.5 Å². The van der Waals surface area contributed by atoms with E-state index in [2.05, 4.69) is 0 Å². The van der Waals surface area contributed by atoms with Gasteiger partial charge >= 0.3 is 11.7 Å². The number of carbonyl (C=O) groups excluding carboxylic acids is 1. The average molecular weight is 338 g/mol. The number of esters is 1. The lowest BCUT2D eigenvalue weighted by molar-refractivity contribution is -0.137. The molecule has 9 nitrogen and oxygen atoms in total. The van der Waals surface area contributed by atoms with Gasteiger partial charge in [0, 0.05) is 18.3 Å². The second-order valence-electron chi connectivity index (χ2n) is 4.99. The van der Waals surface area contributed by atoms with Crippen LogP contribution in [-0.2, 0) is 14.3 Å². The van der Waals surface area contributed by atoms with E-state index in [0.717, 1.165) is 10.6 Å². The van der Waals surface area contributed by atoms with Gasteiger partial charge in [0.05, 0.1) is 6.61 Å². The molecule has 9 heteroatoms. The lowest BCUT2D eigenvalue weighted by atomic mass is 10.1. The van der Waals surface area contributed by atoms with Crippen molar-refractivity contribution in [2.24, 2.45) is 0 Å². The smallest absolute Gasteiger partial charge is 0.330 e. The first-order valence-corrected chi connectivity index (χ1v) is 7.28. The number of allylic oxidation sites excluding steroid dienone is 2. The highest BCUT2D eigenvalue weighted by Crippen LogP contribution is 2.28. The van der Waals surface area contributed by atoms with Gasteiger partial charge in [-0.2, -0.15) is 0 Å². The molecule has 1 saturated heterocycles. The summed E-state index contributed by atoms with van der Waals surface area (Å²) in [7, 11) is 0. The van der Waals surface area contributed by atoms with E-state index in [-0.39, 0.29) is 6.61 Å². The number of aromatic nitrogens is 2. The Morgan fingerprint density at radius 1 is 1.38 bits per heavy atom. The van der Waals surface area contributed by atoms with Gasteiger partial charge in [0.2, 0.25) is 0 Å². The molecule has 1 fully saturated rings. The van der Waals surface area contributed by atoms with Crippen molar-refractivity contribution in [3.63, 3.8) is 0 Å². The van der Waals surface area contributed by atoms with Crippen LogP contribution in [0.4, 0.5) is 0 Å². The third-order valence-corrected chi connectivity index (χ3v) is 3.33. The molecule has 2 rings (SSSR count). The van der Waals surface area contributed by atoms with Crippen molar-refractivity contribution in [2.75, 3.05) is 6.61 Å². The standard InChI is InChI=1S/C15H18N2O7/c1-2-23-11(19)6-4-3-5-9-12(20)13(21)14(24-9)17-8-7-10(18)16-15(17)22/h3-9,12-14,20-21H,2H2,1H3,(H,16,18,22)/b5-3+,6-4+. The summed E-state index contributed by atoms with van der Waals surface area (Å²) in [6.45, 7) is 1.95. The molecule has 4 unspecified atom stereocenters. The Morgan fingerprint density at radius 3 is 2.79 bits per heavy atom. The minimum atomic E-state index is -1.36. The average Bonchev–Trinajstić information content (AvgIpc) is 2.80. The molecule has 3 N–H and O–H groups in total. The van der Waals surface area contributed by atoms with Gasteiger partial charge in [-0.3, -0.25) is 14.3 Å². The fourth-order valence-corrected chi connectivity index (χ4v) is 2.20. The quantitative estimate of drug-likeness (QED) is 0.350. The van der Waals surface area contributed by atoms with Crippen LogP contribution in [0.5, 0.6) is 0 Å². The SMILES string of the molecule is CCOC(=O)/C=C/C=C/C1OC(n2ccc(=O)[nH]c2=O)C(O)C1O. The predicted octanol–water partition coefficient (Wildman–Crippen LogP) is -1.17. The molecule has 1 aromatic rings. The number of hydrogen-bond acceptors (Lipinski definition) is 7. The number of carbonyl (C=O) groups is 1. The third kappa shape index (κ3) is 4.07. The van der Waals surface area contributed by atoms with Crippen LogP contribution < -0.4 is 11.2 Å². The van der Waals surface area contributed by atoms with Crippen LogP contribution >= 0.6 is 0 Å². The first kappa shape index (κ1) is 17.9. The highest BCUT2D eigenvalue weighted by atomic mass is 16.6. The Labute approximate surface area is 136 Å². The zero-order chi connectivity index (χ0) is 17.7. The Morgan fingerprint density at radius 2 is 2.12 bits per heavy atom. The summed E-state index contributed by atoms with van der Waals surface area (Å²) in [5, 5.41) is 20.0. The van der Waals surface area contributed by atoms with Crippen LogP contribution in [0.1, 0.15) is 13.2 Å². The summed E-state index contributed by atoms with van der Waals surface area (Å²) < 4.78 is 11.1. The van der Waals surface area contributed by atoms with Crippen LogP contribution in [-0.4, -0.2) is 50.7 Å². The van der Waals surface area contributed by atoms with Gasteiger partial charge in [0.1, 0.15) is 18.3 Å². The first-order valence-electron chi connectivity index (χ1n) is 7.28. The molecule has 0 saturated carbocycles. The highest BCUT2D eigenvalue weighted by molar-refractivity contribution is 5.82. The second kappa shape index (κ2) is 7.86. The molecule has 1 aromatic heterocycles. The van der Waals surface area contributed by atoms with Crippen molar-refractivity contribution in [3.8, 4) is 0 Å². The van der Waals surface area contributed by atoms with Crippen LogP contribution in [0.15, 0.2) is 46.2 Å². The summed E-state index contributed by atoms with van der Waals surface area (Å²) in [5.74, 6) is -0.507. The summed E-state index contributed by atoms with van der Waals surface area (Å²) in [6, 6.07) is 1.11. The van der Waals surface area contributed by atoms with E-state index in [4.69, 9.17) is 9.47 Å². The monoisotopic (exact) mass is 338 g/mol. The number of nitrogens with zero attached hydrogens (tertiary/aromatic N) is 1. The molecule has 1 aliphatic rings. The molecule has 4 atom stereocenters. The molecular weight excluding hydrogens is 320 g/mol. The number of aromatic amines is 1. The molecule has 0 aromatic carbocycles. The Bertz CT molecular complexity index is 749. The summed E-state index contributed by atoms with van der Waals surface area (Å²) in [6.07, 6.45) is 1.98. The normalized spacial score (nSPS) is 27.1. The maximum atomic E-state index is 11.7. The Balaban J connectivity index is 2.08. The second-order valence-corrected chi connectivity index (χ2v) is 4.99. The minimum absolute atomic E-state index is 0.263. The maximum absolute atomic E-state index is 11.7. The number of aliphatic hydroxyl groups is 2. The predicted molar refractivity (Wildman–Crippen MR) is 82.2 cm³/mol. The summed E-state index contributed by atoms with van der Waals surface area (Å²) >= 11 is 0. The lowest BCUT2D eigenvalue weighted by Crippen LogP contribution is -2.37. The van der Waals surface area contributed by atoms with Gasteiger partial charge in [-0.15, -0.1) is 0 Å². The summed E-state index contributed by atoms with van der Waals surface area (Å²) in [4.78, 5) is 36.0. The van der Waals surface area contributed by atoms with Gasteiger partial charge in [-0.25, -0.2) is 9.59 Å². The number of nitrogens with one attached hydrogen (secondary N) is 1. The minimum Gasteiger partial charge on any atom is -0.463 e. The molecule has 24 heavy (non-hydrogen) atoms. The van der Waals surface area contributed by atoms with Gasteiger partial charge in [0.15, 0.2) is 6.23 Å². The number of ether oxygens (including phenoxy) is 2. The molecule has 0 amide bonds. The third-order valence-electron chi connectivity index (χ3n) is 3.33. The molecule has 130 valence electrons. The zero-order valence-corrected chi connectivity index (χ0v) is 12.9. The first-order chi connectivity index (χ1) is 11.4. The molecular formula is C15H18N2O7. The fourth-order valence-electron chi connectivity index (χ4n) is 2.20. The van der Waals surface area contributed by atoms with Crippen molar-refractivity contribution in [3.05, 3.63) is 57.4 Å². The highest BCUT2D eigenvalue weighted by Gasteiger charge is 2.42. The molecule has 1 aliphatic heterocycles. The van der Waals surface area contributed by atoms with Gasteiger partial charge < -0.3 is 19.7 Å². The Kier molecular flexibility index (Phi) is 5.85. The molecule has 0 aliphatic carbocycles. The molecule has 0 bridgehead atoms. The van der Waals surface area contributed by atoms with Gasteiger partial charge in [-0.1, -0.05) is 18.2 Å². The molecule has 2 heterocycles. The van der Waals surface area contributed by atoms with E-state index < -0.39 is 41.8 Å². The van der Waals surface area contributed by atoms with E-state index >= 15 is 0 Å². The number of H-pyrrole nitrogens is 1. The van der Waals surface area contributed by atoms with Crippen LogP contribution in [0, 0.1) is 0 Å². The van der Waals surface area contributed by atoms with E-state index in [9.17, 15) is 24.6 Å². The summed E-state index contributed by atoms with van der Waals surface area (Å²) in [5.41, 5.74) is -1.34. The zero-order valence-electron chi connectivity index (χ0n) is 12.9. The number of hydrogen-bond donors (Lipinski definition) is 3. The van der Waals surface area contributed by atoms with E-state index in [1.54, 1.807) is 6.92 Å². The number of rotatable bonds is 5. The van der Waals surface area contributed by atoms with Gasteiger partial charge in [0.25, 0.3) is 5.56 Å². The van der Waals surface area contributed by atoms with Crippen molar-refractivity contribution in [1.82, 2.24) is 9.55 Å². The number of aliphatic hydroxyl groups excluding tert-OH is 2. The maximum Gasteiger partial charge on any atom is 0.330 e. The van der Waals surface area contributed by atoms with Crippen molar-refractivity contribution in [1.29, 1.82) is 0 Å². The van der Waals surface area contributed by atoms with Gasteiger partial charge in [-0.05, 0) is 6.92 Å². The van der Waals surface area contributed by atoms with E-state index in [1.165, 1.54) is 30.5 Å². The van der Waals surface area contributed by atoms with Crippen molar-refractivity contribution >= 4 is 5.97 Å². The largest absolute Gasteiger partial charge is 0.463 e. The Hall–Kier alpha value is -2.49. The fraction of sp³-hybridized carbons (Fsp3) is 0.400. The van der Waals surface area contributed by atoms with Crippen LogP contribution in [0.25, 0.3) is 0 Å². The van der Waals surface area contributed by atoms with E-state index in [1.807, 2.05) is 4.98 Å². The lowest BCUT2D eigenvalue weighted by Gasteiger charge is -2.16. The van der Waals surface area contributed by atoms with Crippen molar-refractivity contribution in [2.45, 2.75) is 31.5 Å². The molecule has 0 spiro atoms. The van der Waals surface area contributed by atoms with Crippen LogP contribution in [0.2, 0.25) is 0 Å². The van der Waals surface area contributed by atoms with Crippen LogP contribution in [0.3, 0.4) is 0 Å².